The van der Waals surface area contributed by atoms with Gasteiger partial charge in [-0.2, -0.15) is 0 Å². The van der Waals surface area contributed by atoms with E-state index in [1.165, 1.54) is 154 Å². The highest BCUT2D eigenvalue weighted by Crippen LogP contribution is 2.15. The standard InChI is InChI=1S/C30H58/c1-3-5-7-9-11-13-15-17-19-21-23-25-27-29-30-28-26-24-22-20-18-16-14-12-10-8-6-4-2/h3-9,11,13-30H2,1-2H3. The van der Waals surface area contributed by atoms with Crippen molar-refractivity contribution < 1.29 is 0 Å². The minimum absolute atomic E-state index is 1.11. The second-order valence-electron chi connectivity index (χ2n) is 9.63. The molecular weight excluding hydrogens is 360 g/mol. The quantitative estimate of drug-likeness (QED) is 0.108. The van der Waals surface area contributed by atoms with Gasteiger partial charge in [-0.05, 0) is 12.8 Å². The summed E-state index contributed by atoms with van der Waals surface area (Å²) >= 11 is 0. The molecule has 30 heavy (non-hydrogen) atoms. The van der Waals surface area contributed by atoms with Gasteiger partial charge in [-0.25, -0.2) is 0 Å². The van der Waals surface area contributed by atoms with E-state index in [-0.39, 0.29) is 0 Å². The van der Waals surface area contributed by atoms with E-state index in [2.05, 4.69) is 25.7 Å². The molecule has 0 aliphatic rings. The lowest BCUT2D eigenvalue weighted by Crippen LogP contribution is -1.84. The van der Waals surface area contributed by atoms with Crippen LogP contribution < -0.4 is 0 Å². The van der Waals surface area contributed by atoms with Gasteiger partial charge in [0.25, 0.3) is 0 Å². The fraction of sp³-hybridized carbons (Fsp3) is 0.933. The summed E-state index contributed by atoms with van der Waals surface area (Å²) in [6.45, 7) is 4.54. The average molecular weight is 419 g/mol. The van der Waals surface area contributed by atoms with Crippen LogP contribution in [0.25, 0.3) is 0 Å². The molecule has 0 aromatic heterocycles. The van der Waals surface area contributed by atoms with Gasteiger partial charge in [0.2, 0.25) is 0 Å². The maximum absolute atomic E-state index is 3.33. The molecule has 0 nitrogen and oxygen atoms in total. The highest BCUT2D eigenvalue weighted by Gasteiger charge is 1.95. The first-order valence-corrected chi connectivity index (χ1v) is 14.4. The largest absolute Gasteiger partial charge is 0.103 e. The molecular formula is C30H58. The van der Waals surface area contributed by atoms with Crippen LogP contribution in [0.1, 0.15) is 181 Å². The van der Waals surface area contributed by atoms with Gasteiger partial charge in [-0.15, -0.1) is 11.8 Å². The molecule has 0 N–H and O–H groups in total. The molecule has 0 amide bonds. The molecule has 0 atom stereocenters. The summed E-state index contributed by atoms with van der Waals surface area (Å²) < 4.78 is 0. The van der Waals surface area contributed by atoms with E-state index in [1.807, 2.05) is 0 Å². The van der Waals surface area contributed by atoms with Crippen LogP contribution >= 0.6 is 0 Å². The summed E-state index contributed by atoms with van der Waals surface area (Å²) in [7, 11) is 0. The van der Waals surface area contributed by atoms with E-state index in [0.29, 0.717) is 0 Å². The van der Waals surface area contributed by atoms with Gasteiger partial charge in [0, 0.05) is 12.8 Å². The van der Waals surface area contributed by atoms with Crippen molar-refractivity contribution in [1.29, 1.82) is 0 Å². The molecule has 0 fully saturated rings. The predicted molar refractivity (Wildman–Crippen MR) is 139 cm³/mol. The maximum atomic E-state index is 3.33. The van der Waals surface area contributed by atoms with Gasteiger partial charge < -0.3 is 0 Å². The molecule has 0 heteroatoms. The Morgan fingerprint density at radius 3 is 0.800 bits per heavy atom. The Morgan fingerprint density at radius 1 is 0.267 bits per heavy atom. The molecule has 0 radical (unpaired) electrons. The molecule has 0 heterocycles. The molecule has 0 saturated carbocycles. The summed E-state index contributed by atoms with van der Waals surface area (Å²) in [5.41, 5.74) is 0. The molecule has 0 aromatic rings. The Kier molecular flexibility index (Phi) is 28.1. The zero-order valence-corrected chi connectivity index (χ0v) is 21.4. The molecule has 0 spiro atoms. The van der Waals surface area contributed by atoms with E-state index in [4.69, 9.17) is 0 Å². The van der Waals surface area contributed by atoms with Gasteiger partial charge in [0.1, 0.15) is 0 Å². The molecule has 0 aromatic carbocycles. The van der Waals surface area contributed by atoms with Crippen LogP contribution in [-0.2, 0) is 0 Å². The van der Waals surface area contributed by atoms with Crippen molar-refractivity contribution in [1.82, 2.24) is 0 Å². The molecule has 0 aliphatic carbocycles. The molecule has 0 unspecified atom stereocenters. The normalized spacial score (nSPS) is 10.9. The summed E-state index contributed by atoms with van der Waals surface area (Å²) in [5.74, 6) is 6.63. The first-order chi connectivity index (χ1) is 14.9. The monoisotopic (exact) mass is 418 g/mol. The zero-order chi connectivity index (χ0) is 21.8. The predicted octanol–water partition coefficient (Wildman–Crippen LogP) is 11.2. The van der Waals surface area contributed by atoms with Crippen LogP contribution in [0, 0.1) is 11.8 Å². The van der Waals surface area contributed by atoms with E-state index < -0.39 is 0 Å². The molecule has 0 saturated heterocycles. The minimum atomic E-state index is 1.11. The lowest BCUT2D eigenvalue weighted by Gasteiger charge is -2.04. The Labute approximate surface area is 192 Å². The van der Waals surface area contributed by atoms with E-state index in [0.717, 1.165) is 12.8 Å². The maximum Gasteiger partial charge on any atom is 0.00886 e. The van der Waals surface area contributed by atoms with Gasteiger partial charge in [0.15, 0.2) is 0 Å². The smallest absolute Gasteiger partial charge is 0.00886 e. The third-order valence-corrected chi connectivity index (χ3v) is 6.44. The van der Waals surface area contributed by atoms with Crippen molar-refractivity contribution in [2.75, 3.05) is 0 Å². The molecule has 178 valence electrons. The number of hydrogen-bond donors (Lipinski definition) is 0. The fourth-order valence-electron chi connectivity index (χ4n) is 4.26. The Hall–Kier alpha value is -0.440. The Balaban J connectivity index is 3.02. The minimum Gasteiger partial charge on any atom is -0.103 e. The highest BCUT2D eigenvalue weighted by atomic mass is 14.0. The van der Waals surface area contributed by atoms with Crippen molar-refractivity contribution >= 4 is 0 Å². The fourth-order valence-corrected chi connectivity index (χ4v) is 4.26. The topological polar surface area (TPSA) is 0 Å². The van der Waals surface area contributed by atoms with Crippen molar-refractivity contribution in [2.45, 2.75) is 181 Å². The number of hydrogen-bond acceptors (Lipinski definition) is 0. The highest BCUT2D eigenvalue weighted by molar-refractivity contribution is 4.98. The summed E-state index contributed by atoms with van der Waals surface area (Å²) in [6.07, 6.45) is 36.8. The van der Waals surface area contributed by atoms with Crippen LogP contribution in [0.4, 0.5) is 0 Å². The van der Waals surface area contributed by atoms with Gasteiger partial charge in [0.05, 0.1) is 0 Å². The van der Waals surface area contributed by atoms with Crippen LogP contribution in [0.5, 0.6) is 0 Å². The SMILES string of the molecule is CCCCC#CCCCCCCCCCCCCCCCCCCCCCCCC. The first-order valence-electron chi connectivity index (χ1n) is 14.4. The molecule has 0 rings (SSSR count). The Morgan fingerprint density at radius 2 is 0.500 bits per heavy atom. The third kappa shape index (κ3) is 27.6. The first kappa shape index (κ1) is 29.6. The number of unbranched alkanes of at least 4 members (excludes halogenated alkanes) is 24. The van der Waals surface area contributed by atoms with Crippen molar-refractivity contribution in [3.63, 3.8) is 0 Å². The van der Waals surface area contributed by atoms with Crippen molar-refractivity contribution in [2.24, 2.45) is 0 Å². The second kappa shape index (κ2) is 28.6. The van der Waals surface area contributed by atoms with Crippen LogP contribution in [-0.4, -0.2) is 0 Å². The second-order valence-corrected chi connectivity index (χ2v) is 9.63. The van der Waals surface area contributed by atoms with E-state index in [9.17, 15) is 0 Å². The Bertz CT molecular complexity index is 345. The van der Waals surface area contributed by atoms with Gasteiger partial charge >= 0.3 is 0 Å². The van der Waals surface area contributed by atoms with E-state index in [1.54, 1.807) is 0 Å². The van der Waals surface area contributed by atoms with Crippen molar-refractivity contribution in [3.8, 4) is 11.8 Å². The average Bonchev–Trinajstić information content (AvgIpc) is 2.76. The lowest BCUT2D eigenvalue weighted by molar-refractivity contribution is 0.519. The van der Waals surface area contributed by atoms with Crippen LogP contribution in [0.3, 0.4) is 0 Å². The lowest BCUT2D eigenvalue weighted by atomic mass is 10.0. The van der Waals surface area contributed by atoms with Gasteiger partial charge in [-0.3, -0.25) is 0 Å². The van der Waals surface area contributed by atoms with E-state index >= 15 is 0 Å². The number of rotatable bonds is 24. The van der Waals surface area contributed by atoms with Crippen molar-refractivity contribution in [3.05, 3.63) is 0 Å². The summed E-state index contributed by atoms with van der Waals surface area (Å²) in [4.78, 5) is 0. The van der Waals surface area contributed by atoms with Gasteiger partial charge in [-0.1, -0.05) is 155 Å². The zero-order valence-electron chi connectivity index (χ0n) is 21.4. The third-order valence-electron chi connectivity index (χ3n) is 6.44. The summed E-state index contributed by atoms with van der Waals surface area (Å²) in [5, 5.41) is 0. The molecule has 0 aliphatic heterocycles. The summed E-state index contributed by atoms with van der Waals surface area (Å²) in [6, 6.07) is 0. The van der Waals surface area contributed by atoms with Crippen LogP contribution in [0.15, 0.2) is 0 Å². The van der Waals surface area contributed by atoms with Crippen LogP contribution in [0.2, 0.25) is 0 Å². The molecule has 0 bridgehead atoms.